The van der Waals surface area contributed by atoms with Crippen molar-refractivity contribution >= 4 is 22.6 Å². The van der Waals surface area contributed by atoms with Crippen molar-refractivity contribution in [3.63, 3.8) is 0 Å². The number of halogens is 1. The van der Waals surface area contributed by atoms with E-state index in [4.69, 9.17) is 9.47 Å². The third-order valence-electron chi connectivity index (χ3n) is 11.9. The van der Waals surface area contributed by atoms with Gasteiger partial charge < -0.3 is 19.7 Å². The van der Waals surface area contributed by atoms with E-state index >= 15 is 0 Å². The highest BCUT2D eigenvalue weighted by atomic mass is 127. The highest BCUT2D eigenvalue weighted by Gasteiger charge is 2.72. The largest absolute Gasteiger partial charge is 0.393 e. The molecule has 1 aliphatic heterocycles. The molecule has 4 saturated carbocycles. The van der Waals surface area contributed by atoms with Crippen LogP contribution in [0.15, 0.2) is 18.2 Å². The molecular formula is C30H41IO4. The predicted octanol–water partition coefficient (Wildman–Crippen LogP) is 5.81. The second-order valence-corrected chi connectivity index (χ2v) is 15.5. The molecule has 0 radical (unpaired) electrons. The highest BCUT2D eigenvalue weighted by Crippen LogP contribution is 2.74. The first kappa shape index (κ1) is 23.9. The summed E-state index contributed by atoms with van der Waals surface area (Å²) in [5.41, 5.74) is 2.07. The number of fused-ring (bicyclic) bond motifs is 4. The maximum atomic E-state index is 12.7. The van der Waals surface area contributed by atoms with Gasteiger partial charge in [-0.25, -0.2) is 0 Å². The normalized spacial score (nSPS) is 49.0. The molecule has 192 valence electrons. The Morgan fingerprint density at radius 2 is 1.77 bits per heavy atom. The van der Waals surface area contributed by atoms with E-state index in [1.165, 1.54) is 14.7 Å². The molecule has 0 aromatic heterocycles. The van der Waals surface area contributed by atoms with Crippen LogP contribution >= 0.6 is 22.6 Å². The van der Waals surface area contributed by atoms with Crippen LogP contribution in [0.2, 0.25) is 0 Å². The lowest BCUT2D eigenvalue weighted by Gasteiger charge is -2.70. The lowest BCUT2D eigenvalue weighted by molar-refractivity contribution is -0.357. The van der Waals surface area contributed by atoms with Crippen molar-refractivity contribution in [3.8, 4) is 0 Å². The second kappa shape index (κ2) is 7.46. The molecule has 1 aromatic rings. The average Bonchev–Trinajstić information content (AvgIpc) is 3.10. The Labute approximate surface area is 223 Å². The lowest BCUT2D eigenvalue weighted by atomic mass is 9.37. The van der Waals surface area contributed by atoms with E-state index in [1.54, 1.807) is 0 Å². The van der Waals surface area contributed by atoms with Crippen molar-refractivity contribution in [1.29, 1.82) is 0 Å². The van der Waals surface area contributed by atoms with Gasteiger partial charge in [0.1, 0.15) is 0 Å². The van der Waals surface area contributed by atoms with Crippen molar-refractivity contribution in [2.75, 3.05) is 13.2 Å². The minimum atomic E-state index is -0.768. The maximum Gasteiger partial charge on any atom is 0.171 e. The summed E-state index contributed by atoms with van der Waals surface area (Å²) in [7, 11) is 0. The Morgan fingerprint density at radius 3 is 2.54 bits per heavy atom. The number of benzene rings is 1. The molecule has 8 atom stereocenters. The standard InChI is InChI=1S/C30H41IO4/c1-26(2)16-34-30(35-17-26)11-10-28-13-18-12-19(31)4-5-20(18)22-14-27(3)23(6-7-24(27)32)21(25(22)28)8-9-29(28,33)15-30/h4-5,12,21-25,32-33H,6-11,13-17H2,1-3H3/t21-,22?,23-,24-,25?,27-,28-,29+/m0/s1. The molecule has 6 aliphatic rings. The van der Waals surface area contributed by atoms with Gasteiger partial charge in [0.15, 0.2) is 5.79 Å². The first-order valence-electron chi connectivity index (χ1n) is 14.0. The van der Waals surface area contributed by atoms with Crippen molar-refractivity contribution in [3.05, 3.63) is 32.9 Å². The summed E-state index contributed by atoms with van der Waals surface area (Å²) in [4.78, 5) is 0. The number of hydrogen-bond donors (Lipinski definition) is 2. The number of aliphatic hydroxyl groups is 2. The molecule has 35 heavy (non-hydrogen) atoms. The molecule has 2 unspecified atom stereocenters. The van der Waals surface area contributed by atoms with Crippen LogP contribution in [0.4, 0.5) is 0 Å². The van der Waals surface area contributed by atoms with E-state index in [0.717, 1.165) is 51.4 Å². The van der Waals surface area contributed by atoms with Gasteiger partial charge in [0.2, 0.25) is 0 Å². The van der Waals surface area contributed by atoms with Gasteiger partial charge in [0.05, 0.1) is 24.9 Å². The Morgan fingerprint density at radius 1 is 1.00 bits per heavy atom. The summed E-state index contributed by atoms with van der Waals surface area (Å²) in [5, 5.41) is 23.9. The van der Waals surface area contributed by atoms with Crippen LogP contribution in [0.3, 0.4) is 0 Å². The summed E-state index contributed by atoms with van der Waals surface area (Å²) < 4.78 is 14.2. The van der Waals surface area contributed by atoms with E-state index in [1.807, 2.05) is 0 Å². The Bertz CT molecular complexity index is 1040. The molecule has 0 amide bonds. The van der Waals surface area contributed by atoms with Crippen LogP contribution in [-0.2, 0) is 15.9 Å². The van der Waals surface area contributed by atoms with Gasteiger partial charge in [-0.15, -0.1) is 0 Å². The molecule has 5 heteroatoms. The quantitative estimate of drug-likeness (QED) is 0.374. The van der Waals surface area contributed by atoms with E-state index in [9.17, 15) is 10.2 Å². The SMILES string of the molecule is CC1(C)COC2(CC[C@@]34Cc5cc(I)ccc5C5C[C@]6(C)[C@@H](O)CC[C@H]6[C@H](CC[C@@]3(O)C2)C54)OC1. The van der Waals surface area contributed by atoms with Crippen molar-refractivity contribution in [2.45, 2.75) is 102 Å². The lowest BCUT2D eigenvalue weighted by Crippen LogP contribution is -2.70. The minimum Gasteiger partial charge on any atom is -0.393 e. The zero-order valence-corrected chi connectivity index (χ0v) is 23.6. The molecule has 5 aliphatic carbocycles. The molecule has 2 spiro atoms. The fourth-order valence-electron chi connectivity index (χ4n) is 10.2. The third-order valence-corrected chi connectivity index (χ3v) is 12.5. The molecule has 4 nitrogen and oxygen atoms in total. The monoisotopic (exact) mass is 592 g/mol. The summed E-state index contributed by atoms with van der Waals surface area (Å²) in [5.74, 6) is 1.43. The van der Waals surface area contributed by atoms with Crippen molar-refractivity contribution < 1.29 is 19.7 Å². The van der Waals surface area contributed by atoms with E-state index in [0.29, 0.717) is 43.3 Å². The van der Waals surface area contributed by atoms with Gasteiger partial charge in [-0.05, 0) is 120 Å². The first-order valence-corrected chi connectivity index (χ1v) is 15.0. The molecule has 7 rings (SSSR count). The molecule has 2 N–H and O–H groups in total. The van der Waals surface area contributed by atoms with Crippen LogP contribution in [0.5, 0.6) is 0 Å². The van der Waals surface area contributed by atoms with Gasteiger partial charge >= 0.3 is 0 Å². The first-order chi connectivity index (χ1) is 16.5. The van der Waals surface area contributed by atoms with E-state index < -0.39 is 11.4 Å². The zero-order valence-electron chi connectivity index (χ0n) is 21.5. The van der Waals surface area contributed by atoms with Crippen LogP contribution in [0.1, 0.15) is 89.2 Å². The Kier molecular flexibility index (Phi) is 5.09. The zero-order chi connectivity index (χ0) is 24.4. The van der Waals surface area contributed by atoms with E-state index in [2.05, 4.69) is 61.6 Å². The van der Waals surface area contributed by atoms with Crippen molar-refractivity contribution in [1.82, 2.24) is 0 Å². The predicted molar refractivity (Wildman–Crippen MR) is 143 cm³/mol. The Hall–Kier alpha value is -0.210. The minimum absolute atomic E-state index is 0.00283. The van der Waals surface area contributed by atoms with E-state index in [-0.39, 0.29) is 22.3 Å². The van der Waals surface area contributed by atoms with Crippen molar-refractivity contribution in [2.24, 2.45) is 34.0 Å². The molecule has 0 bridgehead atoms. The molecular weight excluding hydrogens is 551 g/mol. The maximum absolute atomic E-state index is 12.7. The number of rotatable bonds is 0. The fourth-order valence-corrected chi connectivity index (χ4v) is 10.8. The Balaban J connectivity index is 1.34. The van der Waals surface area contributed by atoms with Gasteiger partial charge in [-0.1, -0.05) is 26.8 Å². The number of aliphatic hydroxyl groups excluding tert-OH is 1. The number of hydrogen-bond acceptors (Lipinski definition) is 4. The smallest absolute Gasteiger partial charge is 0.171 e. The second-order valence-electron chi connectivity index (χ2n) is 14.3. The number of ether oxygens (including phenoxy) is 2. The third kappa shape index (κ3) is 3.17. The van der Waals surface area contributed by atoms with Crippen LogP contribution in [0, 0.1) is 37.6 Å². The van der Waals surface area contributed by atoms with Crippen LogP contribution in [-0.4, -0.2) is 40.9 Å². The van der Waals surface area contributed by atoms with Gasteiger partial charge in [-0.3, -0.25) is 0 Å². The molecule has 5 fully saturated rings. The highest BCUT2D eigenvalue weighted by molar-refractivity contribution is 14.1. The molecule has 1 aromatic carbocycles. The van der Waals surface area contributed by atoms with Gasteiger partial charge in [-0.2, -0.15) is 0 Å². The fraction of sp³-hybridized carbons (Fsp3) is 0.800. The summed E-state index contributed by atoms with van der Waals surface area (Å²) in [6.07, 6.45) is 8.27. The summed E-state index contributed by atoms with van der Waals surface area (Å²) in [6.45, 7) is 8.17. The summed E-state index contributed by atoms with van der Waals surface area (Å²) >= 11 is 2.44. The average molecular weight is 593 g/mol. The van der Waals surface area contributed by atoms with Crippen LogP contribution < -0.4 is 0 Å². The van der Waals surface area contributed by atoms with Gasteiger partial charge in [0.25, 0.3) is 0 Å². The molecule has 1 heterocycles. The molecule has 1 saturated heterocycles. The summed E-state index contributed by atoms with van der Waals surface area (Å²) in [6, 6.07) is 7.03. The van der Waals surface area contributed by atoms with Crippen LogP contribution in [0.25, 0.3) is 0 Å². The topological polar surface area (TPSA) is 58.9 Å². The van der Waals surface area contributed by atoms with Gasteiger partial charge in [0, 0.05) is 27.2 Å².